The van der Waals surface area contributed by atoms with Crippen molar-refractivity contribution in [3.63, 3.8) is 0 Å². The summed E-state index contributed by atoms with van der Waals surface area (Å²) in [6.45, 7) is 2.08. The lowest BCUT2D eigenvalue weighted by atomic mass is 10.2. The molecule has 0 amide bonds. The van der Waals surface area contributed by atoms with Gasteiger partial charge >= 0.3 is 0 Å². The van der Waals surface area contributed by atoms with Gasteiger partial charge in [0.05, 0.1) is 19.4 Å². The largest absolute Gasteiger partial charge is 0.497 e. The second kappa shape index (κ2) is 5.29. The van der Waals surface area contributed by atoms with Crippen LogP contribution < -0.4 is 4.74 Å². The van der Waals surface area contributed by atoms with E-state index in [1.165, 1.54) is 0 Å². The molecular formula is C13H15NO2S. The number of hydrogen-bond donors (Lipinski definition) is 1. The normalized spacial score (nSPS) is 10.5. The number of ether oxygens (including phenoxy) is 1. The van der Waals surface area contributed by atoms with Crippen LogP contribution in [0.4, 0.5) is 0 Å². The van der Waals surface area contributed by atoms with E-state index in [-0.39, 0.29) is 6.61 Å². The minimum Gasteiger partial charge on any atom is -0.497 e. The second-order valence-electron chi connectivity index (χ2n) is 3.63. The Morgan fingerprint density at radius 1 is 1.41 bits per heavy atom. The van der Waals surface area contributed by atoms with Crippen molar-refractivity contribution in [2.24, 2.45) is 0 Å². The number of aliphatic hydroxyl groups is 1. The van der Waals surface area contributed by atoms with Crippen LogP contribution in [-0.4, -0.2) is 17.2 Å². The van der Waals surface area contributed by atoms with E-state index in [2.05, 4.69) is 11.9 Å². The molecule has 1 aromatic carbocycles. The van der Waals surface area contributed by atoms with E-state index in [9.17, 15) is 5.11 Å². The van der Waals surface area contributed by atoms with Crippen molar-refractivity contribution in [1.82, 2.24) is 4.98 Å². The van der Waals surface area contributed by atoms with E-state index in [4.69, 9.17) is 4.74 Å². The van der Waals surface area contributed by atoms with E-state index >= 15 is 0 Å². The first-order chi connectivity index (χ1) is 8.28. The molecule has 0 aliphatic rings. The number of aromatic nitrogens is 1. The average molecular weight is 249 g/mol. The Kier molecular flexibility index (Phi) is 3.76. The van der Waals surface area contributed by atoms with Crippen LogP contribution in [0.15, 0.2) is 24.3 Å². The topological polar surface area (TPSA) is 42.4 Å². The fourth-order valence-electron chi connectivity index (χ4n) is 1.66. The monoisotopic (exact) mass is 249 g/mol. The Hall–Kier alpha value is -1.39. The summed E-state index contributed by atoms with van der Waals surface area (Å²) in [5.74, 6) is 0.821. The van der Waals surface area contributed by atoms with Crippen molar-refractivity contribution < 1.29 is 9.84 Å². The number of methoxy groups -OCH3 is 1. The minimum absolute atomic E-state index is 0.00361. The van der Waals surface area contributed by atoms with E-state index in [1.807, 2.05) is 24.3 Å². The average Bonchev–Trinajstić information content (AvgIpc) is 2.82. The van der Waals surface area contributed by atoms with E-state index in [0.29, 0.717) is 0 Å². The van der Waals surface area contributed by atoms with Gasteiger partial charge in [-0.1, -0.05) is 19.1 Å². The predicted octanol–water partition coefficient (Wildman–Crippen LogP) is 2.87. The molecule has 4 heteroatoms. The zero-order chi connectivity index (χ0) is 12.3. The third-order valence-electron chi connectivity index (χ3n) is 2.57. The van der Waals surface area contributed by atoms with Gasteiger partial charge in [-0.3, -0.25) is 0 Å². The molecule has 0 aliphatic carbocycles. The van der Waals surface area contributed by atoms with Crippen molar-refractivity contribution in [1.29, 1.82) is 0 Å². The highest BCUT2D eigenvalue weighted by Crippen LogP contribution is 2.30. The Morgan fingerprint density at radius 2 is 2.24 bits per heavy atom. The summed E-state index contributed by atoms with van der Waals surface area (Å²) in [4.78, 5) is 5.60. The third-order valence-corrected chi connectivity index (χ3v) is 3.86. The van der Waals surface area contributed by atoms with Gasteiger partial charge in [0, 0.05) is 10.4 Å². The number of aryl methyl sites for hydroxylation is 1. The smallest absolute Gasteiger partial charge is 0.124 e. The minimum atomic E-state index is 0.00361. The lowest BCUT2D eigenvalue weighted by Gasteiger charge is -2.00. The van der Waals surface area contributed by atoms with Crippen molar-refractivity contribution in [2.75, 3.05) is 7.11 Å². The molecule has 2 rings (SSSR count). The van der Waals surface area contributed by atoms with Gasteiger partial charge in [0.1, 0.15) is 10.8 Å². The molecule has 0 bridgehead atoms. The van der Waals surface area contributed by atoms with Crippen molar-refractivity contribution >= 4 is 11.3 Å². The summed E-state index contributed by atoms with van der Waals surface area (Å²) in [5, 5.41) is 10.2. The highest BCUT2D eigenvalue weighted by molar-refractivity contribution is 7.15. The molecule has 0 radical (unpaired) electrons. The first-order valence-electron chi connectivity index (χ1n) is 5.52. The summed E-state index contributed by atoms with van der Waals surface area (Å²) < 4.78 is 5.19. The Labute approximate surface area is 105 Å². The van der Waals surface area contributed by atoms with Crippen LogP contribution in [0.25, 0.3) is 10.6 Å². The number of nitrogens with zero attached hydrogens (tertiary/aromatic N) is 1. The second-order valence-corrected chi connectivity index (χ2v) is 4.72. The molecule has 17 heavy (non-hydrogen) atoms. The molecule has 90 valence electrons. The lowest BCUT2D eigenvalue weighted by molar-refractivity contribution is 0.276. The molecule has 1 heterocycles. The number of rotatable bonds is 4. The summed E-state index contributed by atoms with van der Waals surface area (Å²) in [6, 6.07) is 7.81. The molecule has 0 saturated heterocycles. The highest BCUT2D eigenvalue weighted by atomic mass is 32.1. The quantitative estimate of drug-likeness (QED) is 0.906. The summed E-state index contributed by atoms with van der Waals surface area (Å²) in [6.07, 6.45) is 0.900. The van der Waals surface area contributed by atoms with Gasteiger partial charge in [0.25, 0.3) is 0 Å². The molecule has 0 spiro atoms. The zero-order valence-electron chi connectivity index (χ0n) is 9.93. The Bertz CT molecular complexity index is 486. The Balaban J connectivity index is 2.41. The molecule has 0 saturated carbocycles. The number of aliphatic hydroxyl groups excluding tert-OH is 1. The molecule has 2 aromatic rings. The number of hydrogen-bond acceptors (Lipinski definition) is 4. The summed E-state index contributed by atoms with van der Waals surface area (Å²) in [5.41, 5.74) is 1.82. The standard InChI is InChI=1S/C13H15NO2S/c1-3-12-11(8-15)14-13(17-12)9-5-4-6-10(7-9)16-2/h4-7,15H,3,8H2,1-2H3. The van der Waals surface area contributed by atoms with E-state index in [0.717, 1.165) is 33.3 Å². The van der Waals surface area contributed by atoms with Gasteiger partial charge in [0.15, 0.2) is 0 Å². The van der Waals surface area contributed by atoms with E-state index in [1.54, 1.807) is 18.4 Å². The van der Waals surface area contributed by atoms with Gasteiger partial charge in [0.2, 0.25) is 0 Å². The van der Waals surface area contributed by atoms with Gasteiger partial charge in [-0.2, -0.15) is 0 Å². The van der Waals surface area contributed by atoms with Gasteiger partial charge < -0.3 is 9.84 Å². The van der Waals surface area contributed by atoms with Gasteiger partial charge in [-0.25, -0.2) is 4.98 Å². The number of benzene rings is 1. The van der Waals surface area contributed by atoms with Crippen LogP contribution in [-0.2, 0) is 13.0 Å². The molecule has 1 N–H and O–H groups in total. The van der Waals surface area contributed by atoms with Crippen LogP contribution in [0.2, 0.25) is 0 Å². The first kappa shape index (κ1) is 12.1. The highest BCUT2D eigenvalue weighted by Gasteiger charge is 2.10. The fraction of sp³-hybridized carbons (Fsp3) is 0.308. The molecule has 0 unspecified atom stereocenters. The van der Waals surface area contributed by atoms with E-state index < -0.39 is 0 Å². The molecule has 0 atom stereocenters. The SMILES string of the molecule is CCc1sc(-c2cccc(OC)c2)nc1CO. The fourth-order valence-corrected chi connectivity index (χ4v) is 2.67. The van der Waals surface area contributed by atoms with Crippen LogP contribution in [0.5, 0.6) is 5.75 Å². The third kappa shape index (κ3) is 2.48. The van der Waals surface area contributed by atoms with Crippen LogP contribution in [0.3, 0.4) is 0 Å². The molecule has 0 fully saturated rings. The predicted molar refractivity (Wildman–Crippen MR) is 69.4 cm³/mol. The van der Waals surface area contributed by atoms with Crippen LogP contribution in [0.1, 0.15) is 17.5 Å². The first-order valence-corrected chi connectivity index (χ1v) is 6.34. The molecule has 1 aromatic heterocycles. The number of thiazole rings is 1. The maximum absolute atomic E-state index is 9.23. The van der Waals surface area contributed by atoms with Gasteiger partial charge in [-0.15, -0.1) is 11.3 Å². The van der Waals surface area contributed by atoms with Crippen LogP contribution >= 0.6 is 11.3 Å². The van der Waals surface area contributed by atoms with Gasteiger partial charge in [-0.05, 0) is 18.6 Å². The molecule has 0 aliphatic heterocycles. The van der Waals surface area contributed by atoms with Crippen LogP contribution in [0, 0.1) is 0 Å². The Morgan fingerprint density at radius 3 is 2.82 bits per heavy atom. The summed E-state index contributed by atoms with van der Waals surface area (Å²) in [7, 11) is 1.65. The summed E-state index contributed by atoms with van der Waals surface area (Å²) >= 11 is 1.63. The molecular weight excluding hydrogens is 234 g/mol. The zero-order valence-corrected chi connectivity index (χ0v) is 10.8. The van der Waals surface area contributed by atoms with Crippen molar-refractivity contribution in [2.45, 2.75) is 20.0 Å². The lowest BCUT2D eigenvalue weighted by Crippen LogP contribution is -1.88. The maximum atomic E-state index is 9.23. The molecule has 3 nitrogen and oxygen atoms in total. The van der Waals surface area contributed by atoms with Crippen molar-refractivity contribution in [3.05, 3.63) is 34.8 Å². The van der Waals surface area contributed by atoms with Crippen molar-refractivity contribution in [3.8, 4) is 16.3 Å². The maximum Gasteiger partial charge on any atom is 0.124 e.